The molecule has 0 aliphatic carbocycles. The fourth-order valence-electron chi connectivity index (χ4n) is 2.91. The SMILES string of the molecule is O=C(Nc1ccc(-n2cnnn2)cc1)c1ccccc1SCC1CCCO1. The number of nitrogens with one attached hydrogen (secondary N) is 1. The van der Waals surface area contributed by atoms with Crippen LogP contribution in [-0.2, 0) is 4.74 Å². The Hall–Kier alpha value is -2.71. The fraction of sp³-hybridized carbons (Fsp3) is 0.263. The first kappa shape index (κ1) is 17.7. The van der Waals surface area contributed by atoms with Crippen LogP contribution in [0.3, 0.4) is 0 Å². The Morgan fingerprint density at radius 2 is 2.07 bits per heavy atom. The minimum Gasteiger partial charge on any atom is -0.377 e. The van der Waals surface area contributed by atoms with Gasteiger partial charge in [0.2, 0.25) is 0 Å². The lowest BCUT2D eigenvalue weighted by Crippen LogP contribution is -2.14. The third kappa shape index (κ3) is 4.35. The van der Waals surface area contributed by atoms with E-state index >= 15 is 0 Å². The lowest BCUT2D eigenvalue weighted by Gasteiger charge is -2.12. The van der Waals surface area contributed by atoms with Crippen molar-refractivity contribution in [1.29, 1.82) is 0 Å². The summed E-state index contributed by atoms with van der Waals surface area (Å²) in [6.07, 6.45) is 4.02. The van der Waals surface area contributed by atoms with E-state index in [-0.39, 0.29) is 12.0 Å². The Morgan fingerprint density at radius 1 is 1.22 bits per heavy atom. The molecule has 1 aliphatic rings. The molecular weight excluding hydrogens is 362 g/mol. The smallest absolute Gasteiger partial charge is 0.256 e. The average Bonchev–Trinajstić information content (AvgIpc) is 3.41. The number of aromatic nitrogens is 4. The first-order valence-electron chi connectivity index (χ1n) is 8.78. The minimum absolute atomic E-state index is 0.124. The van der Waals surface area contributed by atoms with Crippen LogP contribution in [0.1, 0.15) is 23.2 Å². The van der Waals surface area contributed by atoms with E-state index in [9.17, 15) is 4.79 Å². The van der Waals surface area contributed by atoms with Crippen LogP contribution in [0.15, 0.2) is 59.8 Å². The molecule has 2 heterocycles. The summed E-state index contributed by atoms with van der Waals surface area (Å²) >= 11 is 1.67. The van der Waals surface area contributed by atoms with Gasteiger partial charge in [-0.25, -0.2) is 4.68 Å². The molecule has 3 aromatic rings. The van der Waals surface area contributed by atoms with Gasteiger partial charge in [-0.15, -0.1) is 16.9 Å². The molecule has 1 atom stereocenters. The quantitative estimate of drug-likeness (QED) is 0.661. The predicted octanol–water partition coefficient (Wildman–Crippen LogP) is 3.19. The highest BCUT2D eigenvalue weighted by Gasteiger charge is 2.18. The highest BCUT2D eigenvalue weighted by molar-refractivity contribution is 7.99. The van der Waals surface area contributed by atoms with E-state index in [0.29, 0.717) is 5.56 Å². The van der Waals surface area contributed by atoms with Crippen LogP contribution >= 0.6 is 11.8 Å². The van der Waals surface area contributed by atoms with E-state index in [1.165, 1.54) is 6.33 Å². The van der Waals surface area contributed by atoms with Crippen molar-refractivity contribution in [3.05, 3.63) is 60.4 Å². The van der Waals surface area contributed by atoms with Crippen molar-refractivity contribution in [3.8, 4) is 5.69 Å². The summed E-state index contributed by atoms with van der Waals surface area (Å²) in [7, 11) is 0. The van der Waals surface area contributed by atoms with E-state index in [4.69, 9.17) is 4.74 Å². The molecule has 1 unspecified atom stereocenters. The number of ether oxygens (including phenoxy) is 1. The highest BCUT2D eigenvalue weighted by atomic mass is 32.2. The van der Waals surface area contributed by atoms with E-state index < -0.39 is 0 Å². The van der Waals surface area contributed by atoms with Crippen molar-refractivity contribution in [2.75, 3.05) is 17.7 Å². The summed E-state index contributed by atoms with van der Waals surface area (Å²) in [6, 6.07) is 15.0. The molecule has 8 heteroatoms. The first-order valence-corrected chi connectivity index (χ1v) is 9.76. The molecule has 0 bridgehead atoms. The van der Waals surface area contributed by atoms with Crippen molar-refractivity contribution in [2.24, 2.45) is 0 Å². The van der Waals surface area contributed by atoms with Gasteiger partial charge in [-0.2, -0.15) is 0 Å². The van der Waals surface area contributed by atoms with Crippen LogP contribution in [0.5, 0.6) is 0 Å². The molecule has 4 rings (SSSR count). The van der Waals surface area contributed by atoms with Gasteiger partial charge in [0.25, 0.3) is 5.91 Å². The molecule has 1 saturated heterocycles. The monoisotopic (exact) mass is 381 g/mol. The zero-order chi connectivity index (χ0) is 18.5. The third-order valence-electron chi connectivity index (χ3n) is 4.32. The first-order chi connectivity index (χ1) is 13.3. The lowest BCUT2D eigenvalue weighted by molar-refractivity contribution is 0.102. The van der Waals surface area contributed by atoms with Crippen LogP contribution in [0.25, 0.3) is 5.69 Å². The van der Waals surface area contributed by atoms with Gasteiger partial charge in [0.1, 0.15) is 6.33 Å². The van der Waals surface area contributed by atoms with E-state index in [0.717, 1.165) is 41.5 Å². The molecule has 1 amide bonds. The molecule has 1 aliphatic heterocycles. The average molecular weight is 381 g/mol. The largest absolute Gasteiger partial charge is 0.377 e. The predicted molar refractivity (Wildman–Crippen MR) is 103 cm³/mol. The number of hydrogen-bond acceptors (Lipinski definition) is 6. The Kier molecular flexibility index (Phi) is 5.45. The van der Waals surface area contributed by atoms with Gasteiger partial charge in [0.15, 0.2) is 0 Å². The van der Waals surface area contributed by atoms with Crippen molar-refractivity contribution in [3.63, 3.8) is 0 Å². The Bertz CT molecular complexity index is 893. The number of thioether (sulfide) groups is 1. The number of nitrogens with zero attached hydrogens (tertiary/aromatic N) is 4. The number of benzene rings is 2. The molecule has 1 N–H and O–H groups in total. The number of anilines is 1. The Labute approximate surface area is 161 Å². The lowest BCUT2D eigenvalue weighted by atomic mass is 10.2. The van der Waals surface area contributed by atoms with Gasteiger partial charge >= 0.3 is 0 Å². The maximum Gasteiger partial charge on any atom is 0.256 e. The number of rotatable bonds is 6. The van der Waals surface area contributed by atoms with Crippen molar-refractivity contribution >= 4 is 23.4 Å². The summed E-state index contributed by atoms with van der Waals surface area (Å²) in [6.45, 7) is 0.841. The van der Waals surface area contributed by atoms with Crippen molar-refractivity contribution in [2.45, 2.75) is 23.8 Å². The van der Waals surface area contributed by atoms with E-state index in [1.54, 1.807) is 16.4 Å². The minimum atomic E-state index is -0.124. The molecule has 0 spiro atoms. The van der Waals surface area contributed by atoms with Gasteiger partial charge in [-0.1, -0.05) is 12.1 Å². The summed E-state index contributed by atoms with van der Waals surface area (Å²) in [5.74, 6) is 0.742. The van der Waals surface area contributed by atoms with Crippen molar-refractivity contribution < 1.29 is 9.53 Å². The Balaban J connectivity index is 1.43. The molecule has 1 aromatic heterocycles. The van der Waals surface area contributed by atoms with Crippen LogP contribution in [0.2, 0.25) is 0 Å². The van der Waals surface area contributed by atoms with Crippen LogP contribution in [-0.4, -0.2) is 44.6 Å². The van der Waals surface area contributed by atoms with Crippen molar-refractivity contribution in [1.82, 2.24) is 20.2 Å². The van der Waals surface area contributed by atoms with Gasteiger partial charge in [-0.05, 0) is 59.7 Å². The maximum absolute atomic E-state index is 12.8. The van der Waals surface area contributed by atoms with E-state index in [1.807, 2.05) is 48.5 Å². The summed E-state index contributed by atoms with van der Waals surface area (Å²) < 4.78 is 7.23. The molecular formula is C19H19N5O2S. The summed E-state index contributed by atoms with van der Waals surface area (Å²) in [4.78, 5) is 13.7. The number of hydrogen-bond donors (Lipinski definition) is 1. The standard InChI is InChI=1S/C19H19N5O2S/c25-19(21-14-7-9-15(10-8-14)24-13-20-22-23-24)17-5-1-2-6-18(17)27-12-16-4-3-11-26-16/h1-2,5-10,13,16H,3-4,11-12H2,(H,21,25). The molecule has 0 saturated carbocycles. The van der Waals surface area contributed by atoms with Gasteiger partial charge < -0.3 is 10.1 Å². The van der Waals surface area contributed by atoms with Gasteiger partial charge in [0, 0.05) is 22.9 Å². The number of carbonyl (C=O) groups is 1. The summed E-state index contributed by atoms with van der Waals surface area (Å²) in [5.41, 5.74) is 2.21. The highest BCUT2D eigenvalue weighted by Crippen LogP contribution is 2.27. The maximum atomic E-state index is 12.8. The van der Waals surface area contributed by atoms with Gasteiger partial charge in [-0.3, -0.25) is 4.79 Å². The molecule has 27 heavy (non-hydrogen) atoms. The second kappa shape index (κ2) is 8.32. The molecule has 2 aromatic carbocycles. The fourth-order valence-corrected chi connectivity index (χ4v) is 4.03. The van der Waals surface area contributed by atoms with Gasteiger partial charge in [0.05, 0.1) is 17.4 Å². The topological polar surface area (TPSA) is 81.9 Å². The molecule has 7 nitrogen and oxygen atoms in total. The van der Waals surface area contributed by atoms with E-state index in [2.05, 4.69) is 20.8 Å². The Morgan fingerprint density at radius 3 is 2.81 bits per heavy atom. The molecule has 0 radical (unpaired) electrons. The van der Waals surface area contributed by atoms with Crippen LogP contribution < -0.4 is 5.32 Å². The zero-order valence-corrected chi connectivity index (χ0v) is 15.4. The number of amides is 1. The second-order valence-corrected chi connectivity index (χ2v) is 7.26. The molecule has 1 fully saturated rings. The zero-order valence-electron chi connectivity index (χ0n) is 14.6. The van der Waals surface area contributed by atoms with Crippen LogP contribution in [0.4, 0.5) is 5.69 Å². The normalized spacial score (nSPS) is 16.4. The number of tetrazole rings is 1. The summed E-state index contributed by atoms with van der Waals surface area (Å²) in [5, 5.41) is 14.0. The third-order valence-corrected chi connectivity index (χ3v) is 5.52. The van der Waals surface area contributed by atoms with Crippen LogP contribution in [0, 0.1) is 0 Å². The second-order valence-electron chi connectivity index (χ2n) is 6.20. The molecule has 138 valence electrons. The number of carbonyl (C=O) groups excluding carboxylic acids is 1.